The molecule has 0 radical (unpaired) electrons. The SMILES string of the molecule is C=C1C[C@@]2(C)CC[C@H]3[C@@H](C=CC4=CC(=O)C=C[C@@]43C)[C@@H]2C1=C. The van der Waals surface area contributed by atoms with Crippen LogP contribution in [0.3, 0.4) is 0 Å². The molecular weight excluding hydrogens is 268 g/mol. The lowest BCUT2D eigenvalue weighted by atomic mass is 9.50. The van der Waals surface area contributed by atoms with Gasteiger partial charge in [0.25, 0.3) is 0 Å². The van der Waals surface area contributed by atoms with E-state index in [-0.39, 0.29) is 11.2 Å². The molecule has 1 nitrogen and oxygen atoms in total. The Bertz CT molecular complexity index is 689. The Labute approximate surface area is 133 Å². The van der Waals surface area contributed by atoms with Crippen LogP contribution >= 0.6 is 0 Å². The van der Waals surface area contributed by atoms with Gasteiger partial charge in [-0.2, -0.15) is 0 Å². The van der Waals surface area contributed by atoms with Gasteiger partial charge < -0.3 is 0 Å². The Kier molecular flexibility index (Phi) is 2.68. The first-order chi connectivity index (χ1) is 10.3. The summed E-state index contributed by atoms with van der Waals surface area (Å²) in [5, 5.41) is 0. The molecule has 0 aromatic rings. The van der Waals surface area contributed by atoms with Gasteiger partial charge >= 0.3 is 0 Å². The number of carbonyl (C=O) groups is 1. The van der Waals surface area contributed by atoms with Crippen LogP contribution in [0, 0.1) is 28.6 Å². The minimum atomic E-state index is -0.00113. The number of hydrogen-bond acceptors (Lipinski definition) is 1. The number of rotatable bonds is 0. The van der Waals surface area contributed by atoms with E-state index in [9.17, 15) is 4.79 Å². The average molecular weight is 292 g/mol. The number of carbonyl (C=O) groups excluding carboxylic acids is 1. The third-order valence-electron chi connectivity index (χ3n) is 6.86. The van der Waals surface area contributed by atoms with Crippen molar-refractivity contribution >= 4 is 5.78 Å². The molecule has 0 aromatic carbocycles. The molecule has 0 N–H and O–H groups in total. The van der Waals surface area contributed by atoms with Gasteiger partial charge in [-0.05, 0) is 65.7 Å². The Hall–Kier alpha value is -1.63. The first kappa shape index (κ1) is 14.0. The maximum Gasteiger partial charge on any atom is 0.178 e. The van der Waals surface area contributed by atoms with Crippen LogP contribution < -0.4 is 0 Å². The minimum Gasteiger partial charge on any atom is -0.290 e. The van der Waals surface area contributed by atoms with Crippen LogP contribution in [-0.2, 0) is 4.79 Å². The standard InChI is InChI=1S/C21H24O/c1-13-12-20(3)9-8-18-17(19(20)14(13)2)6-5-15-11-16(22)7-10-21(15,18)4/h5-7,10-11,17-19H,1-2,8-9,12H2,3-4H3/t17-,18+,19+,20-,21+/m1/s1. The molecule has 4 aliphatic rings. The summed E-state index contributed by atoms with van der Waals surface area (Å²) < 4.78 is 0. The molecule has 0 heterocycles. The third kappa shape index (κ3) is 1.63. The van der Waals surface area contributed by atoms with Crippen molar-refractivity contribution in [1.82, 2.24) is 0 Å². The quantitative estimate of drug-likeness (QED) is 0.627. The fourth-order valence-electron chi connectivity index (χ4n) is 5.64. The molecule has 0 saturated heterocycles. The maximum absolute atomic E-state index is 11.7. The second-order valence-electron chi connectivity index (χ2n) is 8.14. The largest absolute Gasteiger partial charge is 0.290 e. The molecule has 1 heteroatoms. The molecular formula is C21H24O. The molecule has 0 aliphatic heterocycles. The van der Waals surface area contributed by atoms with Crippen molar-refractivity contribution in [1.29, 1.82) is 0 Å². The van der Waals surface area contributed by atoms with Crippen LogP contribution in [0.1, 0.15) is 33.1 Å². The van der Waals surface area contributed by atoms with E-state index >= 15 is 0 Å². The van der Waals surface area contributed by atoms with E-state index in [2.05, 4.69) is 45.2 Å². The van der Waals surface area contributed by atoms with E-state index in [0.717, 1.165) is 6.42 Å². The fraction of sp³-hybridized carbons (Fsp3) is 0.476. The van der Waals surface area contributed by atoms with Crippen molar-refractivity contribution in [2.45, 2.75) is 33.1 Å². The number of fused-ring (bicyclic) bond motifs is 5. The summed E-state index contributed by atoms with van der Waals surface area (Å²) >= 11 is 0. The number of ketones is 1. The summed E-state index contributed by atoms with van der Waals surface area (Å²) in [4.78, 5) is 11.7. The molecule has 4 rings (SSSR count). The molecule has 0 unspecified atom stereocenters. The van der Waals surface area contributed by atoms with Crippen LogP contribution in [0.2, 0.25) is 0 Å². The Morgan fingerprint density at radius 1 is 1.23 bits per heavy atom. The first-order valence-corrected chi connectivity index (χ1v) is 8.36. The van der Waals surface area contributed by atoms with Crippen LogP contribution in [0.25, 0.3) is 0 Å². The van der Waals surface area contributed by atoms with E-state index in [1.165, 1.54) is 29.6 Å². The topological polar surface area (TPSA) is 17.1 Å². The maximum atomic E-state index is 11.7. The predicted octanol–water partition coefficient (Wildman–Crippen LogP) is 4.79. The van der Waals surface area contributed by atoms with Gasteiger partial charge in [0.2, 0.25) is 0 Å². The van der Waals surface area contributed by atoms with Crippen molar-refractivity contribution in [3.63, 3.8) is 0 Å². The van der Waals surface area contributed by atoms with Crippen LogP contribution in [-0.4, -0.2) is 5.78 Å². The Morgan fingerprint density at radius 3 is 2.77 bits per heavy atom. The highest BCUT2D eigenvalue weighted by molar-refractivity contribution is 6.01. The molecule has 0 amide bonds. The monoisotopic (exact) mass is 292 g/mol. The lowest BCUT2D eigenvalue weighted by Gasteiger charge is -2.53. The first-order valence-electron chi connectivity index (χ1n) is 8.36. The lowest BCUT2D eigenvalue weighted by molar-refractivity contribution is -0.110. The van der Waals surface area contributed by atoms with Crippen molar-refractivity contribution in [2.24, 2.45) is 28.6 Å². The molecule has 0 spiro atoms. The molecule has 2 saturated carbocycles. The van der Waals surface area contributed by atoms with Crippen molar-refractivity contribution in [2.75, 3.05) is 0 Å². The van der Waals surface area contributed by atoms with Crippen LogP contribution in [0.4, 0.5) is 0 Å². The Balaban J connectivity index is 1.82. The molecule has 22 heavy (non-hydrogen) atoms. The van der Waals surface area contributed by atoms with E-state index in [4.69, 9.17) is 0 Å². The van der Waals surface area contributed by atoms with Gasteiger partial charge in [-0.1, -0.05) is 50.8 Å². The summed E-state index contributed by atoms with van der Waals surface area (Å²) in [6.45, 7) is 13.4. The van der Waals surface area contributed by atoms with Crippen molar-refractivity contribution < 1.29 is 4.79 Å². The van der Waals surface area contributed by atoms with Gasteiger partial charge in [0.1, 0.15) is 0 Å². The van der Waals surface area contributed by atoms with E-state index in [1.807, 2.05) is 6.08 Å². The summed E-state index contributed by atoms with van der Waals surface area (Å²) in [6.07, 6.45) is 13.8. The fourth-order valence-corrected chi connectivity index (χ4v) is 5.64. The van der Waals surface area contributed by atoms with E-state index in [1.54, 1.807) is 6.08 Å². The number of allylic oxidation sites excluding steroid dienone is 8. The third-order valence-corrected chi connectivity index (χ3v) is 6.86. The van der Waals surface area contributed by atoms with E-state index in [0.29, 0.717) is 23.2 Å². The summed E-state index contributed by atoms with van der Waals surface area (Å²) in [7, 11) is 0. The zero-order valence-electron chi connectivity index (χ0n) is 13.6. The molecule has 114 valence electrons. The molecule has 5 atom stereocenters. The summed E-state index contributed by atoms with van der Waals surface area (Å²) in [6, 6.07) is 0. The van der Waals surface area contributed by atoms with Crippen molar-refractivity contribution in [3.05, 3.63) is 60.3 Å². The second-order valence-corrected chi connectivity index (χ2v) is 8.14. The highest BCUT2D eigenvalue weighted by Gasteiger charge is 2.56. The zero-order chi connectivity index (χ0) is 15.7. The smallest absolute Gasteiger partial charge is 0.178 e. The molecule has 4 aliphatic carbocycles. The minimum absolute atomic E-state index is 0.00113. The molecule has 0 aromatic heterocycles. The highest BCUT2D eigenvalue weighted by atomic mass is 16.1. The van der Waals surface area contributed by atoms with Gasteiger partial charge in [-0.3, -0.25) is 4.79 Å². The summed E-state index contributed by atoms with van der Waals surface area (Å²) in [5.41, 5.74) is 4.04. The van der Waals surface area contributed by atoms with Gasteiger partial charge in [0.15, 0.2) is 5.78 Å². The zero-order valence-corrected chi connectivity index (χ0v) is 13.6. The molecule has 2 fully saturated rings. The van der Waals surface area contributed by atoms with Gasteiger partial charge in [-0.25, -0.2) is 0 Å². The predicted molar refractivity (Wildman–Crippen MR) is 90.2 cm³/mol. The lowest BCUT2D eigenvalue weighted by Crippen LogP contribution is -2.46. The summed E-state index contributed by atoms with van der Waals surface area (Å²) in [5.74, 6) is 1.72. The van der Waals surface area contributed by atoms with E-state index < -0.39 is 0 Å². The van der Waals surface area contributed by atoms with Crippen LogP contribution in [0.5, 0.6) is 0 Å². The Morgan fingerprint density at radius 2 is 2.00 bits per heavy atom. The average Bonchev–Trinajstić information content (AvgIpc) is 2.70. The van der Waals surface area contributed by atoms with Gasteiger partial charge in [0.05, 0.1) is 0 Å². The van der Waals surface area contributed by atoms with Gasteiger partial charge in [0, 0.05) is 5.41 Å². The van der Waals surface area contributed by atoms with Gasteiger partial charge in [-0.15, -0.1) is 0 Å². The van der Waals surface area contributed by atoms with Crippen LogP contribution in [0.15, 0.2) is 60.3 Å². The number of hydrogen-bond donors (Lipinski definition) is 0. The second kappa shape index (κ2) is 4.22. The van der Waals surface area contributed by atoms with Crippen molar-refractivity contribution in [3.8, 4) is 0 Å². The normalized spacial score (nSPS) is 46.2. The highest BCUT2D eigenvalue weighted by Crippen LogP contribution is 2.64. The molecule has 0 bridgehead atoms.